The quantitative estimate of drug-likeness (QED) is 0.367. The van der Waals surface area contributed by atoms with E-state index >= 15 is 0 Å². The Morgan fingerprint density at radius 3 is 2.04 bits per heavy atom. The van der Waals surface area contributed by atoms with E-state index in [2.05, 4.69) is 4.40 Å². The molecule has 0 spiro atoms. The van der Waals surface area contributed by atoms with Crippen LogP contribution < -0.4 is 0 Å². The molecule has 0 amide bonds. The van der Waals surface area contributed by atoms with Crippen LogP contribution in [-0.2, 0) is 10.0 Å². The molecule has 0 heterocycles. The summed E-state index contributed by atoms with van der Waals surface area (Å²) in [4.78, 5) is 11.9. The van der Waals surface area contributed by atoms with Crippen LogP contribution in [-0.4, -0.2) is 38.2 Å². The number of aryl methyl sites for hydroxylation is 1. The van der Waals surface area contributed by atoms with Crippen molar-refractivity contribution in [3.05, 3.63) is 69.8 Å². The Labute approximate surface area is 140 Å². The highest BCUT2D eigenvalue weighted by Crippen LogP contribution is 2.17. The zero-order valence-electron chi connectivity index (χ0n) is 13.5. The summed E-state index contributed by atoms with van der Waals surface area (Å²) in [5, 5.41) is 10.7. The van der Waals surface area contributed by atoms with Crippen LogP contribution in [0.4, 0.5) is 5.69 Å². The van der Waals surface area contributed by atoms with E-state index in [0.717, 1.165) is 5.56 Å². The number of rotatable bonds is 4. The number of amidine groups is 1. The number of hydrogen-bond acceptors (Lipinski definition) is 4. The van der Waals surface area contributed by atoms with Crippen LogP contribution in [0.2, 0.25) is 0 Å². The highest BCUT2D eigenvalue weighted by molar-refractivity contribution is 7.90. The summed E-state index contributed by atoms with van der Waals surface area (Å²) in [5.74, 6) is 0.200. The fraction of sp³-hybridized carbons (Fsp3) is 0.188. The Balaban J connectivity index is 2.48. The standard InChI is InChI=1S/C16H17N3O4S/c1-12-4-10-15(11-5-12)24(22,23)17-16(18(2)3)13-6-8-14(9-7-13)19(20)21/h4-11H,1-3H3/b17-16+. The van der Waals surface area contributed by atoms with Gasteiger partial charge in [-0.15, -0.1) is 4.40 Å². The molecule has 7 nitrogen and oxygen atoms in total. The van der Waals surface area contributed by atoms with E-state index in [0.29, 0.717) is 5.56 Å². The van der Waals surface area contributed by atoms with Gasteiger partial charge in [0.2, 0.25) is 0 Å². The Bertz CT molecular complexity index is 871. The summed E-state index contributed by atoms with van der Waals surface area (Å²) in [7, 11) is -0.568. The fourth-order valence-electron chi connectivity index (χ4n) is 2.00. The van der Waals surface area contributed by atoms with Crippen molar-refractivity contribution in [2.75, 3.05) is 14.1 Å². The third kappa shape index (κ3) is 3.96. The normalized spacial score (nSPS) is 12.0. The molecule has 126 valence electrons. The lowest BCUT2D eigenvalue weighted by molar-refractivity contribution is -0.384. The summed E-state index contributed by atoms with van der Waals surface area (Å²) >= 11 is 0. The third-order valence-electron chi connectivity index (χ3n) is 3.29. The molecule has 0 fully saturated rings. The van der Waals surface area contributed by atoms with E-state index < -0.39 is 14.9 Å². The molecular weight excluding hydrogens is 330 g/mol. The van der Waals surface area contributed by atoms with Gasteiger partial charge in [-0.1, -0.05) is 17.7 Å². The predicted octanol–water partition coefficient (Wildman–Crippen LogP) is 2.60. The van der Waals surface area contributed by atoms with Crippen molar-refractivity contribution in [2.24, 2.45) is 4.40 Å². The summed E-state index contributed by atoms with van der Waals surface area (Å²) in [6, 6.07) is 12.0. The van der Waals surface area contributed by atoms with Crippen LogP contribution in [0.3, 0.4) is 0 Å². The molecule has 0 unspecified atom stereocenters. The molecule has 8 heteroatoms. The highest BCUT2D eigenvalue weighted by Gasteiger charge is 2.17. The highest BCUT2D eigenvalue weighted by atomic mass is 32.2. The Morgan fingerprint density at radius 1 is 1.04 bits per heavy atom. The van der Waals surface area contributed by atoms with Gasteiger partial charge in [0.1, 0.15) is 5.84 Å². The second kappa shape index (κ2) is 6.79. The molecule has 0 saturated heterocycles. The van der Waals surface area contributed by atoms with Crippen molar-refractivity contribution in [2.45, 2.75) is 11.8 Å². The Morgan fingerprint density at radius 2 is 1.58 bits per heavy atom. The minimum absolute atomic E-state index is 0.0711. The number of hydrogen-bond donors (Lipinski definition) is 0. The lowest BCUT2D eigenvalue weighted by Gasteiger charge is -2.15. The first-order valence-electron chi connectivity index (χ1n) is 7.04. The number of nitro groups is 1. The zero-order chi connectivity index (χ0) is 17.9. The molecule has 0 aromatic heterocycles. The van der Waals surface area contributed by atoms with Gasteiger partial charge >= 0.3 is 0 Å². The summed E-state index contributed by atoms with van der Waals surface area (Å²) in [5.41, 5.74) is 1.35. The average molecular weight is 347 g/mol. The molecule has 0 N–H and O–H groups in total. The van der Waals surface area contributed by atoms with E-state index in [4.69, 9.17) is 0 Å². The summed E-state index contributed by atoms with van der Waals surface area (Å²) < 4.78 is 28.9. The minimum Gasteiger partial charge on any atom is -0.362 e. The number of benzene rings is 2. The SMILES string of the molecule is Cc1ccc(S(=O)(=O)/N=C(\c2ccc([N+](=O)[O-])cc2)N(C)C)cc1. The van der Waals surface area contributed by atoms with Gasteiger partial charge in [0.15, 0.2) is 0 Å². The predicted molar refractivity (Wildman–Crippen MR) is 91.7 cm³/mol. The molecule has 0 aliphatic carbocycles. The number of nitro benzene ring substituents is 1. The second-order valence-corrected chi connectivity index (χ2v) is 7.01. The second-order valence-electron chi connectivity index (χ2n) is 5.40. The summed E-state index contributed by atoms with van der Waals surface area (Å²) in [6.07, 6.45) is 0. The Hall–Kier alpha value is -2.74. The minimum atomic E-state index is -3.88. The van der Waals surface area contributed by atoms with Crippen molar-refractivity contribution >= 4 is 21.5 Å². The maximum Gasteiger partial charge on any atom is 0.284 e. The van der Waals surface area contributed by atoms with Crippen LogP contribution in [0.25, 0.3) is 0 Å². The van der Waals surface area contributed by atoms with Gasteiger partial charge in [0.05, 0.1) is 9.82 Å². The molecule has 0 bridgehead atoms. The molecular formula is C16H17N3O4S. The lowest BCUT2D eigenvalue weighted by atomic mass is 10.2. The smallest absolute Gasteiger partial charge is 0.284 e. The monoisotopic (exact) mass is 347 g/mol. The van der Waals surface area contributed by atoms with Crippen LogP contribution >= 0.6 is 0 Å². The van der Waals surface area contributed by atoms with Gasteiger partial charge in [-0.3, -0.25) is 10.1 Å². The number of non-ortho nitro benzene ring substituents is 1. The van der Waals surface area contributed by atoms with E-state index in [9.17, 15) is 18.5 Å². The fourth-order valence-corrected chi connectivity index (χ4v) is 3.08. The van der Waals surface area contributed by atoms with Crippen molar-refractivity contribution in [1.82, 2.24) is 4.90 Å². The van der Waals surface area contributed by atoms with E-state index in [-0.39, 0.29) is 16.4 Å². The van der Waals surface area contributed by atoms with Gasteiger partial charge in [-0.25, -0.2) is 0 Å². The van der Waals surface area contributed by atoms with Crippen LogP contribution in [0.15, 0.2) is 57.8 Å². The van der Waals surface area contributed by atoms with Crippen LogP contribution in [0.1, 0.15) is 11.1 Å². The van der Waals surface area contributed by atoms with Gasteiger partial charge in [-0.2, -0.15) is 8.42 Å². The summed E-state index contributed by atoms with van der Waals surface area (Å²) in [6.45, 7) is 1.86. The molecule has 0 aliphatic heterocycles. The number of nitrogens with zero attached hydrogens (tertiary/aromatic N) is 3. The maximum absolute atomic E-state index is 12.5. The number of sulfonamides is 1. The lowest BCUT2D eigenvalue weighted by Crippen LogP contribution is -2.24. The topological polar surface area (TPSA) is 92.9 Å². The zero-order valence-corrected chi connectivity index (χ0v) is 14.3. The molecule has 2 aromatic carbocycles. The largest absolute Gasteiger partial charge is 0.362 e. The Kier molecular flexibility index (Phi) is 4.99. The van der Waals surface area contributed by atoms with Crippen molar-refractivity contribution in [3.63, 3.8) is 0 Å². The first kappa shape index (κ1) is 17.6. The van der Waals surface area contributed by atoms with Crippen LogP contribution in [0.5, 0.6) is 0 Å². The molecule has 24 heavy (non-hydrogen) atoms. The van der Waals surface area contributed by atoms with Gasteiger partial charge < -0.3 is 4.90 Å². The van der Waals surface area contributed by atoms with Crippen molar-refractivity contribution < 1.29 is 13.3 Å². The third-order valence-corrected chi connectivity index (χ3v) is 4.57. The van der Waals surface area contributed by atoms with Crippen molar-refractivity contribution in [1.29, 1.82) is 0 Å². The molecule has 0 aliphatic rings. The molecule has 0 atom stereocenters. The van der Waals surface area contributed by atoms with Crippen LogP contribution in [0, 0.1) is 17.0 Å². The van der Waals surface area contributed by atoms with E-state index in [1.807, 2.05) is 6.92 Å². The van der Waals surface area contributed by atoms with E-state index in [1.165, 1.54) is 36.4 Å². The van der Waals surface area contributed by atoms with Crippen molar-refractivity contribution in [3.8, 4) is 0 Å². The molecule has 0 radical (unpaired) electrons. The maximum atomic E-state index is 12.5. The average Bonchev–Trinajstić information content (AvgIpc) is 2.53. The van der Waals surface area contributed by atoms with E-state index in [1.54, 1.807) is 31.1 Å². The van der Waals surface area contributed by atoms with Gasteiger partial charge in [0, 0.05) is 31.8 Å². The first-order chi connectivity index (χ1) is 11.2. The van der Waals surface area contributed by atoms with Gasteiger partial charge in [0.25, 0.3) is 15.7 Å². The first-order valence-corrected chi connectivity index (χ1v) is 8.48. The van der Waals surface area contributed by atoms with Gasteiger partial charge in [-0.05, 0) is 31.2 Å². The molecule has 2 rings (SSSR count). The molecule has 0 saturated carbocycles. The molecule has 2 aromatic rings.